The number of rotatable bonds is 19. The van der Waals surface area contributed by atoms with Crippen molar-refractivity contribution in [1.82, 2.24) is 4.90 Å². The molecule has 0 fully saturated rings. The van der Waals surface area contributed by atoms with Crippen LogP contribution in [0.5, 0.6) is 0 Å². The van der Waals surface area contributed by atoms with Crippen molar-refractivity contribution in [3.63, 3.8) is 0 Å². The highest BCUT2D eigenvalue weighted by Gasteiger charge is 2.22. The Morgan fingerprint density at radius 1 is 0.520 bits per heavy atom. The molecule has 0 N–H and O–H groups in total. The average Bonchev–Trinajstić information content (AvgIpc) is 2.59. The van der Waals surface area contributed by atoms with Gasteiger partial charge in [0.2, 0.25) is 0 Å². The SMILES string of the molecule is CCCCCCCCCCN(C)C(C)(C)CCCCCCCCCC. The summed E-state index contributed by atoms with van der Waals surface area (Å²) in [6.07, 6.45) is 24.2. The molecule has 0 bridgehead atoms. The largest absolute Gasteiger partial charge is 0.301 e. The van der Waals surface area contributed by atoms with Crippen LogP contribution in [0.3, 0.4) is 0 Å². The maximum atomic E-state index is 2.62. The minimum atomic E-state index is 0.378. The predicted octanol–water partition coefficient (Wildman–Crippen LogP) is 8.37. The van der Waals surface area contributed by atoms with Crippen molar-refractivity contribution in [2.24, 2.45) is 0 Å². The average molecular weight is 354 g/mol. The van der Waals surface area contributed by atoms with Crippen LogP contribution in [0.1, 0.15) is 137 Å². The zero-order chi connectivity index (χ0) is 18.8. The number of hydrogen-bond acceptors (Lipinski definition) is 1. The topological polar surface area (TPSA) is 3.24 Å². The van der Waals surface area contributed by atoms with Gasteiger partial charge in [0.15, 0.2) is 0 Å². The summed E-state index contributed by atoms with van der Waals surface area (Å²) < 4.78 is 0. The molecule has 0 aliphatic heterocycles. The summed E-state index contributed by atoms with van der Waals surface area (Å²) in [6, 6.07) is 0. The summed E-state index contributed by atoms with van der Waals surface area (Å²) >= 11 is 0. The fourth-order valence-corrected chi connectivity index (χ4v) is 3.67. The van der Waals surface area contributed by atoms with Gasteiger partial charge in [0.1, 0.15) is 0 Å². The molecule has 0 aliphatic rings. The molecule has 1 nitrogen and oxygen atoms in total. The highest BCUT2D eigenvalue weighted by molar-refractivity contribution is 4.79. The molecular weight excluding hydrogens is 302 g/mol. The summed E-state index contributed by atoms with van der Waals surface area (Å²) in [5.74, 6) is 0. The van der Waals surface area contributed by atoms with Crippen LogP contribution in [-0.4, -0.2) is 24.0 Å². The third kappa shape index (κ3) is 15.9. The van der Waals surface area contributed by atoms with Gasteiger partial charge in [-0.15, -0.1) is 0 Å². The van der Waals surface area contributed by atoms with Crippen molar-refractivity contribution in [2.75, 3.05) is 13.6 Å². The van der Waals surface area contributed by atoms with Gasteiger partial charge in [-0.25, -0.2) is 0 Å². The first-order valence-corrected chi connectivity index (χ1v) is 11.8. The van der Waals surface area contributed by atoms with Crippen LogP contribution in [0.25, 0.3) is 0 Å². The van der Waals surface area contributed by atoms with Gasteiger partial charge in [-0.3, -0.25) is 0 Å². The number of unbranched alkanes of at least 4 members (excludes halogenated alkanes) is 14. The third-order valence-electron chi connectivity index (χ3n) is 6.02. The third-order valence-corrected chi connectivity index (χ3v) is 6.02. The zero-order valence-electron chi connectivity index (χ0n) is 18.7. The van der Waals surface area contributed by atoms with Crippen molar-refractivity contribution >= 4 is 0 Å². The predicted molar refractivity (Wildman–Crippen MR) is 117 cm³/mol. The second-order valence-corrected chi connectivity index (χ2v) is 8.93. The van der Waals surface area contributed by atoms with Crippen LogP contribution in [0, 0.1) is 0 Å². The first kappa shape index (κ1) is 25.0. The molecule has 0 radical (unpaired) electrons. The van der Waals surface area contributed by atoms with Crippen LogP contribution >= 0.6 is 0 Å². The van der Waals surface area contributed by atoms with Gasteiger partial charge in [0.05, 0.1) is 0 Å². The van der Waals surface area contributed by atoms with Crippen molar-refractivity contribution in [3.05, 3.63) is 0 Å². The number of hydrogen-bond donors (Lipinski definition) is 0. The Bertz CT molecular complexity index is 259. The fraction of sp³-hybridized carbons (Fsp3) is 1.00. The lowest BCUT2D eigenvalue weighted by molar-refractivity contribution is 0.139. The summed E-state index contributed by atoms with van der Waals surface area (Å²) in [5, 5.41) is 0. The molecule has 0 amide bonds. The van der Waals surface area contributed by atoms with E-state index in [2.05, 4.69) is 39.6 Å². The Kier molecular flexibility index (Phi) is 17.3. The normalized spacial score (nSPS) is 12.2. The van der Waals surface area contributed by atoms with E-state index in [1.807, 2.05) is 0 Å². The van der Waals surface area contributed by atoms with Crippen LogP contribution in [0.15, 0.2) is 0 Å². The molecule has 1 heteroatoms. The smallest absolute Gasteiger partial charge is 0.0150 e. The summed E-state index contributed by atoms with van der Waals surface area (Å²) in [4.78, 5) is 2.62. The Hall–Kier alpha value is -0.0400. The van der Waals surface area contributed by atoms with Gasteiger partial charge in [0.25, 0.3) is 0 Å². The van der Waals surface area contributed by atoms with Gasteiger partial charge < -0.3 is 4.90 Å². The highest BCUT2D eigenvalue weighted by Crippen LogP contribution is 2.22. The lowest BCUT2D eigenvalue weighted by Crippen LogP contribution is -2.41. The van der Waals surface area contributed by atoms with Gasteiger partial charge >= 0.3 is 0 Å². The summed E-state index contributed by atoms with van der Waals surface area (Å²) in [7, 11) is 2.34. The van der Waals surface area contributed by atoms with Crippen LogP contribution < -0.4 is 0 Å². The van der Waals surface area contributed by atoms with E-state index >= 15 is 0 Å². The van der Waals surface area contributed by atoms with Crippen LogP contribution in [-0.2, 0) is 0 Å². The van der Waals surface area contributed by atoms with Crippen molar-refractivity contribution in [2.45, 2.75) is 142 Å². The number of nitrogens with zero attached hydrogens (tertiary/aromatic N) is 1. The van der Waals surface area contributed by atoms with E-state index in [9.17, 15) is 0 Å². The standard InChI is InChI=1S/C24H51N/c1-6-8-10-12-14-16-18-20-22-24(3,4)25(5)23-21-19-17-15-13-11-9-7-2/h6-23H2,1-5H3. The molecule has 0 aliphatic carbocycles. The molecule has 25 heavy (non-hydrogen) atoms. The Balaban J connectivity index is 3.54. The first-order chi connectivity index (χ1) is 12.0. The molecule has 0 heterocycles. The zero-order valence-corrected chi connectivity index (χ0v) is 18.7. The fourth-order valence-electron chi connectivity index (χ4n) is 3.67. The minimum Gasteiger partial charge on any atom is -0.301 e. The second-order valence-electron chi connectivity index (χ2n) is 8.93. The maximum Gasteiger partial charge on any atom is 0.0150 e. The van der Waals surface area contributed by atoms with Gasteiger partial charge in [-0.05, 0) is 40.3 Å². The van der Waals surface area contributed by atoms with E-state index in [0.717, 1.165) is 0 Å². The summed E-state index contributed by atoms with van der Waals surface area (Å²) in [5.41, 5.74) is 0.378. The molecule has 0 spiro atoms. The van der Waals surface area contributed by atoms with Crippen LogP contribution in [0.2, 0.25) is 0 Å². The van der Waals surface area contributed by atoms with Crippen molar-refractivity contribution in [1.29, 1.82) is 0 Å². The monoisotopic (exact) mass is 353 g/mol. The molecular formula is C24H51N. The molecule has 0 aromatic rings. The summed E-state index contributed by atoms with van der Waals surface area (Å²) in [6.45, 7) is 10.8. The van der Waals surface area contributed by atoms with E-state index in [1.165, 1.54) is 116 Å². The molecule has 0 saturated heterocycles. The highest BCUT2D eigenvalue weighted by atomic mass is 15.2. The van der Waals surface area contributed by atoms with E-state index < -0.39 is 0 Å². The first-order valence-electron chi connectivity index (χ1n) is 11.8. The Morgan fingerprint density at radius 2 is 0.880 bits per heavy atom. The molecule has 0 rings (SSSR count). The van der Waals surface area contributed by atoms with E-state index in [4.69, 9.17) is 0 Å². The van der Waals surface area contributed by atoms with Crippen LogP contribution in [0.4, 0.5) is 0 Å². The maximum absolute atomic E-state index is 2.62. The quantitative estimate of drug-likeness (QED) is 0.211. The second kappa shape index (κ2) is 17.4. The molecule has 0 aromatic heterocycles. The van der Waals surface area contributed by atoms with E-state index in [0.29, 0.717) is 5.54 Å². The van der Waals surface area contributed by atoms with Gasteiger partial charge in [-0.1, -0.05) is 110 Å². The molecule has 0 atom stereocenters. The lowest BCUT2D eigenvalue weighted by atomic mass is 9.94. The van der Waals surface area contributed by atoms with Gasteiger partial charge in [0, 0.05) is 5.54 Å². The molecule has 0 aromatic carbocycles. The van der Waals surface area contributed by atoms with E-state index in [-0.39, 0.29) is 0 Å². The Morgan fingerprint density at radius 3 is 1.32 bits per heavy atom. The molecule has 0 unspecified atom stereocenters. The van der Waals surface area contributed by atoms with E-state index in [1.54, 1.807) is 0 Å². The van der Waals surface area contributed by atoms with Crippen molar-refractivity contribution < 1.29 is 0 Å². The molecule has 152 valence electrons. The molecule has 0 saturated carbocycles. The van der Waals surface area contributed by atoms with Gasteiger partial charge in [-0.2, -0.15) is 0 Å². The lowest BCUT2D eigenvalue weighted by Gasteiger charge is -2.36. The van der Waals surface area contributed by atoms with Crippen molar-refractivity contribution in [3.8, 4) is 0 Å². The Labute approximate surface area is 161 Å². The minimum absolute atomic E-state index is 0.378.